The lowest BCUT2D eigenvalue weighted by Crippen LogP contribution is -2.48. The van der Waals surface area contributed by atoms with Crippen molar-refractivity contribution in [3.8, 4) is 11.6 Å². The molecule has 136 valence electrons. The quantitative estimate of drug-likeness (QED) is 0.874. The topological polar surface area (TPSA) is 84.4 Å². The van der Waals surface area contributed by atoms with Crippen LogP contribution in [0.4, 0.5) is 0 Å². The van der Waals surface area contributed by atoms with Crippen LogP contribution in [0.1, 0.15) is 38.0 Å². The minimum absolute atomic E-state index is 0. The molecular formula is C17H23ClN4O3. The maximum absolute atomic E-state index is 12.5. The number of carbonyl (C=O) groups excluding carboxylic acids is 1. The van der Waals surface area contributed by atoms with Crippen LogP contribution < -0.4 is 5.32 Å². The lowest BCUT2D eigenvalue weighted by Gasteiger charge is -2.35. The Labute approximate surface area is 152 Å². The molecule has 1 N–H and O–H groups in total. The Balaban J connectivity index is 0.00000182. The van der Waals surface area contributed by atoms with Crippen LogP contribution in [0.5, 0.6) is 0 Å². The first-order valence-electron chi connectivity index (χ1n) is 8.57. The number of aromatic nitrogens is 2. The molecule has 1 amide bonds. The highest BCUT2D eigenvalue weighted by atomic mass is 35.5. The number of fused-ring (bicyclic) bond motifs is 2. The van der Waals surface area contributed by atoms with Crippen LogP contribution >= 0.6 is 12.4 Å². The molecule has 2 aliphatic heterocycles. The molecule has 2 saturated heterocycles. The number of nitrogens with zero attached hydrogens (tertiary/aromatic N) is 3. The van der Waals surface area contributed by atoms with Gasteiger partial charge in [0.25, 0.3) is 0 Å². The third kappa shape index (κ3) is 3.88. The zero-order valence-electron chi connectivity index (χ0n) is 14.2. The smallest absolute Gasteiger partial charge is 0.238 e. The molecule has 0 radical (unpaired) electrons. The Morgan fingerprint density at radius 1 is 1.36 bits per heavy atom. The summed E-state index contributed by atoms with van der Waals surface area (Å²) in [4.78, 5) is 18.7. The van der Waals surface area contributed by atoms with Gasteiger partial charge in [0.1, 0.15) is 0 Å². The molecule has 2 aromatic rings. The maximum Gasteiger partial charge on any atom is 0.238 e. The van der Waals surface area contributed by atoms with Crippen molar-refractivity contribution in [2.75, 3.05) is 7.05 Å². The van der Waals surface area contributed by atoms with Gasteiger partial charge in [0.05, 0.1) is 6.26 Å². The minimum atomic E-state index is 0. The maximum atomic E-state index is 12.5. The number of rotatable bonds is 5. The summed E-state index contributed by atoms with van der Waals surface area (Å²) in [6, 6.07) is 5.05. The van der Waals surface area contributed by atoms with Crippen molar-refractivity contribution in [2.24, 2.45) is 0 Å². The van der Waals surface area contributed by atoms with Crippen molar-refractivity contribution in [2.45, 2.75) is 56.7 Å². The molecule has 2 bridgehead atoms. The Morgan fingerprint density at radius 3 is 2.80 bits per heavy atom. The van der Waals surface area contributed by atoms with E-state index in [0.29, 0.717) is 48.4 Å². The van der Waals surface area contributed by atoms with Crippen molar-refractivity contribution in [1.29, 1.82) is 0 Å². The standard InChI is InChI=1S/C17H22N4O3.ClH/c1-21(13-9-11-4-5-12(10-13)18-11)16(22)7-6-15-19-17(20-24-15)14-3-2-8-23-14;/h2-3,8,11-13,18H,4-7,9-10H2,1H3;1H. The second-order valence-corrected chi connectivity index (χ2v) is 6.76. The third-order valence-corrected chi connectivity index (χ3v) is 5.15. The number of carbonyl (C=O) groups is 1. The average Bonchev–Trinajstić information content (AvgIpc) is 3.32. The number of nitrogens with one attached hydrogen (secondary N) is 1. The van der Waals surface area contributed by atoms with Crippen molar-refractivity contribution in [1.82, 2.24) is 20.4 Å². The fraction of sp³-hybridized carbons (Fsp3) is 0.588. The number of piperidine rings is 1. The molecule has 7 nitrogen and oxygen atoms in total. The van der Waals surface area contributed by atoms with E-state index in [1.807, 2.05) is 11.9 Å². The number of aryl methyl sites for hydroxylation is 1. The van der Waals surface area contributed by atoms with Gasteiger partial charge in [-0.25, -0.2) is 0 Å². The number of hydrogen-bond acceptors (Lipinski definition) is 6. The number of hydrogen-bond donors (Lipinski definition) is 1. The van der Waals surface area contributed by atoms with Crippen LogP contribution in [0.3, 0.4) is 0 Å². The molecule has 2 unspecified atom stereocenters. The van der Waals surface area contributed by atoms with Gasteiger partial charge >= 0.3 is 0 Å². The molecule has 4 rings (SSSR count). The molecule has 8 heteroatoms. The van der Waals surface area contributed by atoms with Crippen LogP contribution in [-0.4, -0.2) is 46.1 Å². The Morgan fingerprint density at radius 2 is 2.12 bits per heavy atom. The molecule has 4 heterocycles. The van der Waals surface area contributed by atoms with E-state index in [4.69, 9.17) is 8.94 Å². The van der Waals surface area contributed by atoms with E-state index in [9.17, 15) is 4.79 Å². The number of halogens is 1. The van der Waals surface area contributed by atoms with E-state index in [0.717, 1.165) is 12.8 Å². The Kier molecular flexibility index (Phi) is 5.44. The molecular weight excluding hydrogens is 344 g/mol. The lowest BCUT2D eigenvalue weighted by molar-refractivity contribution is -0.132. The van der Waals surface area contributed by atoms with Crippen LogP contribution in [0.2, 0.25) is 0 Å². The predicted molar refractivity (Wildman–Crippen MR) is 93.3 cm³/mol. The van der Waals surface area contributed by atoms with E-state index in [1.54, 1.807) is 18.4 Å². The first kappa shape index (κ1) is 17.9. The lowest BCUT2D eigenvalue weighted by atomic mass is 9.98. The number of furan rings is 1. The Bertz CT molecular complexity index is 691. The number of amides is 1. The fourth-order valence-corrected chi connectivity index (χ4v) is 3.80. The molecule has 2 aliphatic rings. The molecule has 0 saturated carbocycles. The molecule has 0 spiro atoms. The van der Waals surface area contributed by atoms with E-state index in [2.05, 4.69) is 15.5 Å². The van der Waals surface area contributed by atoms with Gasteiger partial charge in [-0.3, -0.25) is 4.79 Å². The molecule has 2 aromatic heterocycles. The Hall–Kier alpha value is -1.86. The highest BCUT2D eigenvalue weighted by Crippen LogP contribution is 2.29. The highest BCUT2D eigenvalue weighted by Gasteiger charge is 2.36. The summed E-state index contributed by atoms with van der Waals surface area (Å²) >= 11 is 0. The first-order valence-corrected chi connectivity index (χ1v) is 8.57. The SMILES string of the molecule is CN(C(=O)CCc1nc(-c2ccco2)no1)C1CC2CCC(C1)N2.Cl. The first-order chi connectivity index (χ1) is 11.7. The van der Waals surface area contributed by atoms with Crippen molar-refractivity contribution < 1.29 is 13.7 Å². The summed E-state index contributed by atoms with van der Waals surface area (Å²) in [5.74, 6) is 1.59. The minimum Gasteiger partial charge on any atom is -0.461 e. The monoisotopic (exact) mass is 366 g/mol. The van der Waals surface area contributed by atoms with Gasteiger partial charge in [-0.2, -0.15) is 4.98 Å². The van der Waals surface area contributed by atoms with Gasteiger partial charge in [-0.15, -0.1) is 12.4 Å². The largest absolute Gasteiger partial charge is 0.461 e. The van der Waals surface area contributed by atoms with Crippen LogP contribution in [-0.2, 0) is 11.2 Å². The third-order valence-electron chi connectivity index (χ3n) is 5.15. The van der Waals surface area contributed by atoms with Gasteiger partial charge < -0.3 is 19.2 Å². The van der Waals surface area contributed by atoms with Crippen LogP contribution in [0, 0.1) is 0 Å². The summed E-state index contributed by atoms with van der Waals surface area (Å²) < 4.78 is 10.4. The second kappa shape index (κ2) is 7.58. The normalized spacial score (nSPS) is 24.8. The molecule has 25 heavy (non-hydrogen) atoms. The summed E-state index contributed by atoms with van der Waals surface area (Å²) in [6.45, 7) is 0. The second-order valence-electron chi connectivity index (χ2n) is 6.76. The molecule has 2 fully saturated rings. The van der Waals surface area contributed by atoms with E-state index in [-0.39, 0.29) is 18.3 Å². The molecule has 0 aromatic carbocycles. The van der Waals surface area contributed by atoms with Gasteiger partial charge in [0.2, 0.25) is 17.6 Å². The summed E-state index contributed by atoms with van der Waals surface area (Å²) in [5, 5.41) is 7.49. The van der Waals surface area contributed by atoms with Crippen LogP contribution in [0.15, 0.2) is 27.3 Å². The van der Waals surface area contributed by atoms with Crippen molar-refractivity contribution in [3.63, 3.8) is 0 Å². The summed E-state index contributed by atoms with van der Waals surface area (Å²) in [7, 11) is 1.92. The van der Waals surface area contributed by atoms with Gasteiger partial charge in [-0.05, 0) is 37.8 Å². The van der Waals surface area contributed by atoms with Crippen LogP contribution in [0.25, 0.3) is 11.6 Å². The zero-order chi connectivity index (χ0) is 16.5. The molecule has 2 atom stereocenters. The summed E-state index contributed by atoms with van der Waals surface area (Å²) in [5.41, 5.74) is 0. The van der Waals surface area contributed by atoms with Gasteiger partial charge in [0, 0.05) is 38.0 Å². The van der Waals surface area contributed by atoms with Crippen molar-refractivity contribution >= 4 is 18.3 Å². The fourth-order valence-electron chi connectivity index (χ4n) is 3.80. The van der Waals surface area contributed by atoms with Crippen molar-refractivity contribution in [3.05, 3.63) is 24.3 Å². The molecule has 0 aliphatic carbocycles. The summed E-state index contributed by atoms with van der Waals surface area (Å²) in [6.07, 6.45) is 6.99. The van der Waals surface area contributed by atoms with Gasteiger partial charge in [0.15, 0.2) is 5.76 Å². The highest BCUT2D eigenvalue weighted by molar-refractivity contribution is 5.85. The predicted octanol–water partition coefficient (Wildman–Crippen LogP) is 2.43. The van der Waals surface area contributed by atoms with E-state index >= 15 is 0 Å². The van der Waals surface area contributed by atoms with E-state index < -0.39 is 0 Å². The van der Waals surface area contributed by atoms with Gasteiger partial charge in [-0.1, -0.05) is 5.16 Å². The van der Waals surface area contributed by atoms with E-state index in [1.165, 1.54) is 12.8 Å². The zero-order valence-corrected chi connectivity index (χ0v) is 15.0. The average molecular weight is 367 g/mol.